The Morgan fingerprint density at radius 3 is 2.33 bits per heavy atom. The molecular formula is C14H28N2O2. The van der Waals surface area contributed by atoms with Crippen molar-refractivity contribution in [2.24, 2.45) is 11.1 Å². The van der Waals surface area contributed by atoms with Crippen LogP contribution in [-0.2, 0) is 9.59 Å². The molecular weight excluding hydrogens is 228 g/mol. The third kappa shape index (κ3) is 3.80. The molecule has 0 aliphatic carbocycles. The first-order valence-corrected chi connectivity index (χ1v) is 6.99. The van der Waals surface area contributed by atoms with Gasteiger partial charge in [-0.05, 0) is 19.3 Å². The lowest BCUT2D eigenvalue weighted by molar-refractivity contribution is -0.149. The highest BCUT2D eigenvalue weighted by atomic mass is 16.2. The van der Waals surface area contributed by atoms with E-state index < -0.39 is 5.41 Å². The minimum absolute atomic E-state index is 0.0594. The first-order chi connectivity index (χ1) is 8.44. The summed E-state index contributed by atoms with van der Waals surface area (Å²) in [4.78, 5) is 25.7. The van der Waals surface area contributed by atoms with Crippen molar-refractivity contribution in [2.45, 2.75) is 59.9 Å². The zero-order valence-electron chi connectivity index (χ0n) is 12.5. The van der Waals surface area contributed by atoms with Crippen molar-refractivity contribution in [3.63, 3.8) is 0 Å². The molecule has 0 aromatic heterocycles. The van der Waals surface area contributed by atoms with Crippen LogP contribution in [0.2, 0.25) is 0 Å². The smallest absolute Gasteiger partial charge is 0.290 e. The van der Waals surface area contributed by atoms with E-state index in [2.05, 4.69) is 0 Å². The minimum Gasteiger partial charge on any atom is -0.332 e. The Kier molecular flexibility index (Phi) is 7.14. The van der Waals surface area contributed by atoms with Crippen molar-refractivity contribution in [3.05, 3.63) is 0 Å². The molecule has 0 aromatic carbocycles. The molecule has 1 saturated heterocycles. The molecule has 0 aromatic rings. The van der Waals surface area contributed by atoms with Crippen LogP contribution >= 0.6 is 0 Å². The summed E-state index contributed by atoms with van der Waals surface area (Å²) in [6.07, 6.45) is 2.55. The van der Waals surface area contributed by atoms with Crippen LogP contribution in [0, 0.1) is 5.41 Å². The van der Waals surface area contributed by atoms with E-state index in [4.69, 9.17) is 5.73 Å². The van der Waals surface area contributed by atoms with Gasteiger partial charge in [0.2, 0.25) is 5.78 Å². The monoisotopic (exact) mass is 256 g/mol. The number of likely N-dealkylation sites (tertiary alicyclic amines) is 1. The van der Waals surface area contributed by atoms with E-state index in [1.165, 1.54) is 0 Å². The summed E-state index contributed by atoms with van der Waals surface area (Å²) in [5.41, 5.74) is 5.04. The van der Waals surface area contributed by atoms with Gasteiger partial charge < -0.3 is 10.6 Å². The van der Waals surface area contributed by atoms with Crippen molar-refractivity contribution < 1.29 is 9.59 Å². The average molecular weight is 256 g/mol. The molecule has 1 rings (SSSR count). The molecule has 0 spiro atoms. The highest BCUT2D eigenvalue weighted by molar-refractivity contribution is 6.38. The standard InChI is InChI=1S/C12H22N2O2.C2H6/c1-4-12(2,3)10(15)11(16)14-7-5-6-9(14)8-13;1-2/h9H,4-8,13H2,1-3H3;1-2H3/t9-;/m0./s1. The third-order valence-electron chi connectivity index (χ3n) is 3.60. The van der Waals surface area contributed by atoms with Gasteiger partial charge in [0, 0.05) is 24.5 Å². The molecule has 2 N–H and O–H groups in total. The highest BCUT2D eigenvalue weighted by Gasteiger charge is 2.37. The largest absolute Gasteiger partial charge is 0.332 e. The number of Topliss-reactive ketones (excluding diaryl/α,β-unsaturated/α-hetero) is 1. The fourth-order valence-electron chi connectivity index (χ4n) is 1.93. The summed E-state index contributed by atoms with van der Waals surface area (Å²) in [6, 6.07) is 0.0594. The number of hydrogen-bond donors (Lipinski definition) is 1. The highest BCUT2D eigenvalue weighted by Crippen LogP contribution is 2.24. The van der Waals surface area contributed by atoms with Crippen molar-refractivity contribution in [3.8, 4) is 0 Å². The van der Waals surface area contributed by atoms with Gasteiger partial charge in [0.1, 0.15) is 0 Å². The van der Waals surface area contributed by atoms with E-state index in [0.29, 0.717) is 19.5 Å². The summed E-state index contributed by atoms with van der Waals surface area (Å²) < 4.78 is 0. The second-order valence-corrected chi connectivity index (χ2v) is 5.10. The molecule has 1 atom stereocenters. The molecule has 1 aliphatic rings. The summed E-state index contributed by atoms with van der Waals surface area (Å²) in [6.45, 7) is 10.7. The van der Waals surface area contributed by atoms with E-state index >= 15 is 0 Å². The van der Waals surface area contributed by atoms with E-state index in [-0.39, 0.29) is 17.7 Å². The van der Waals surface area contributed by atoms with Gasteiger partial charge in [-0.2, -0.15) is 0 Å². The molecule has 4 nitrogen and oxygen atoms in total. The van der Waals surface area contributed by atoms with Crippen molar-refractivity contribution in [1.29, 1.82) is 0 Å². The van der Waals surface area contributed by atoms with Crippen LogP contribution in [0.25, 0.3) is 0 Å². The topological polar surface area (TPSA) is 63.4 Å². The molecule has 1 amide bonds. The lowest BCUT2D eigenvalue weighted by Crippen LogP contribution is -2.47. The van der Waals surface area contributed by atoms with Crippen LogP contribution in [0.15, 0.2) is 0 Å². The average Bonchev–Trinajstić information content (AvgIpc) is 2.87. The molecule has 1 fully saturated rings. The van der Waals surface area contributed by atoms with Crippen LogP contribution in [0.1, 0.15) is 53.9 Å². The molecule has 4 heteroatoms. The van der Waals surface area contributed by atoms with E-state index in [1.807, 2.05) is 34.6 Å². The lowest BCUT2D eigenvalue weighted by atomic mass is 9.84. The number of hydrogen-bond acceptors (Lipinski definition) is 3. The number of ketones is 1. The van der Waals surface area contributed by atoms with Crippen LogP contribution in [0.4, 0.5) is 0 Å². The maximum atomic E-state index is 12.0. The van der Waals surface area contributed by atoms with Crippen LogP contribution < -0.4 is 5.73 Å². The van der Waals surface area contributed by atoms with Gasteiger partial charge >= 0.3 is 0 Å². The van der Waals surface area contributed by atoms with Crippen molar-refractivity contribution in [1.82, 2.24) is 4.90 Å². The van der Waals surface area contributed by atoms with Gasteiger partial charge in [-0.3, -0.25) is 9.59 Å². The Hall–Kier alpha value is -0.900. The van der Waals surface area contributed by atoms with Crippen LogP contribution in [-0.4, -0.2) is 35.7 Å². The number of nitrogens with two attached hydrogens (primary N) is 1. The zero-order valence-corrected chi connectivity index (χ0v) is 12.5. The Balaban J connectivity index is 0.00000137. The second-order valence-electron chi connectivity index (χ2n) is 5.10. The Morgan fingerprint density at radius 1 is 1.33 bits per heavy atom. The summed E-state index contributed by atoms with van der Waals surface area (Å²) >= 11 is 0. The zero-order chi connectivity index (χ0) is 14.3. The quantitative estimate of drug-likeness (QED) is 0.782. The predicted molar refractivity (Wildman–Crippen MR) is 74.2 cm³/mol. The van der Waals surface area contributed by atoms with Gasteiger partial charge in [-0.1, -0.05) is 34.6 Å². The SMILES string of the molecule is CC.CCC(C)(C)C(=O)C(=O)N1CCC[C@H]1CN. The molecule has 0 radical (unpaired) electrons. The molecule has 106 valence electrons. The lowest BCUT2D eigenvalue weighted by Gasteiger charge is -2.27. The Morgan fingerprint density at radius 2 is 1.89 bits per heavy atom. The first kappa shape index (κ1) is 17.1. The van der Waals surface area contributed by atoms with Crippen molar-refractivity contribution in [2.75, 3.05) is 13.1 Å². The molecule has 0 bridgehead atoms. The van der Waals surface area contributed by atoms with Gasteiger partial charge in [-0.15, -0.1) is 0 Å². The molecule has 1 heterocycles. The molecule has 0 unspecified atom stereocenters. The van der Waals surface area contributed by atoms with Crippen molar-refractivity contribution >= 4 is 11.7 Å². The minimum atomic E-state index is -0.557. The predicted octanol–water partition coefficient (Wildman–Crippen LogP) is 1.97. The van der Waals surface area contributed by atoms with E-state index in [0.717, 1.165) is 12.8 Å². The third-order valence-corrected chi connectivity index (χ3v) is 3.60. The van der Waals surface area contributed by atoms with Crippen LogP contribution in [0.5, 0.6) is 0 Å². The Bertz CT molecular complexity index is 288. The van der Waals surface area contributed by atoms with Crippen LogP contribution in [0.3, 0.4) is 0 Å². The normalized spacial score (nSPS) is 19.2. The van der Waals surface area contributed by atoms with Gasteiger partial charge in [0.25, 0.3) is 5.91 Å². The van der Waals surface area contributed by atoms with Gasteiger partial charge in [-0.25, -0.2) is 0 Å². The number of amides is 1. The second kappa shape index (κ2) is 7.52. The number of nitrogens with zero attached hydrogens (tertiary/aromatic N) is 1. The summed E-state index contributed by atoms with van der Waals surface area (Å²) in [5, 5.41) is 0. The molecule has 18 heavy (non-hydrogen) atoms. The first-order valence-electron chi connectivity index (χ1n) is 6.99. The van der Waals surface area contributed by atoms with Gasteiger partial charge in [0.05, 0.1) is 0 Å². The van der Waals surface area contributed by atoms with E-state index in [9.17, 15) is 9.59 Å². The summed E-state index contributed by atoms with van der Waals surface area (Å²) in [7, 11) is 0. The summed E-state index contributed by atoms with van der Waals surface area (Å²) in [5.74, 6) is -0.629. The molecule has 1 aliphatic heterocycles. The Labute approximate surface area is 111 Å². The number of carbonyl (C=O) groups excluding carboxylic acids is 2. The fraction of sp³-hybridized carbons (Fsp3) is 0.857. The fourth-order valence-corrected chi connectivity index (χ4v) is 1.93. The van der Waals surface area contributed by atoms with E-state index in [1.54, 1.807) is 4.90 Å². The maximum Gasteiger partial charge on any atom is 0.290 e. The van der Waals surface area contributed by atoms with Gasteiger partial charge in [0.15, 0.2) is 0 Å². The molecule has 0 saturated carbocycles. The number of carbonyl (C=O) groups is 2. The maximum absolute atomic E-state index is 12.0. The number of rotatable bonds is 4.